The lowest BCUT2D eigenvalue weighted by atomic mass is 10.0. The molecule has 3 amide bonds. The largest absolute Gasteiger partial charge is 0.324 e. The third kappa shape index (κ3) is 3.97. The number of nitro groups is 1. The van der Waals surface area contributed by atoms with Gasteiger partial charge in [-0.1, -0.05) is 24.3 Å². The number of urea groups is 1. The summed E-state index contributed by atoms with van der Waals surface area (Å²) in [5.74, 6) is 0.627. The third-order valence-electron chi connectivity index (χ3n) is 5.58. The topological polar surface area (TPSA) is 95.8 Å². The van der Waals surface area contributed by atoms with Gasteiger partial charge in [-0.05, 0) is 31.0 Å². The molecule has 0 unspecified atom stereocenters. The van der Waals surface area contributed by atoms with Crippen molar-refractivity contribution in [2.24, 2.45) is 0 Å². The van der Waals surface area contributed by atoms with Gasteiger partial charge in [0.2, 0.25) is 0 Å². The van der Waals surface area contributed by atoms with E-state index in [0.29, 0.717) is 38.0 Å². The molecule has 2 fully saturated rings. The van der Waals surface area contributed by atoms with Crippen LogP contribution in [0.1, 0.15) is 23.2 Å². The summed E-state index contributed by atoms with van der Waals surface area (Å²) in [6, 6.07) is 15.1. The van der Waals surface area contributed by atoms with E-state index in [4.69, 9.17) is 0 Å². The number of carbonyl (C=O) groups is 2. The number of thioether (sulfide) groups is 1. The first-order chi connectivity index (χ1) is 14.5. The minimum atomic E-state index is -0.491. The molecule has 9 heteroatoms. The molecule has 8 nitrogen and oxygen atoms in total. The summed E-state index contributed by atoms with van der Waals surface area (Å²) in [6.07, 6.45) is 1.33. The van der Waals surface area contributed by atoms with E-state index < -0.39 is 4.92 Å². The van der Waals surface area contributed by atoms with Crippen LogP contribution in [0.25, 0.3) is 0 Å². The van der Waals surface area contributed by atoms with Gasteiger partial charge in [-0.2, -0.15) is 0 Å². The highest BCUT2D eigenvalue weighted by Crippen LogP contribution is 2.44. The van der Waals surface area contributed by atoms with Crippen LogP contribution in [0.3, 0.4) is 0 Å². The van der Waals surface area contributed by atoms with Crippen molar-refractivity contribution in [3.8, 4) is 0 Å². The fourth-order valence-electron chi connectivity index (χ4n) is 4.00. The first-order valence-electron chi connectivity index (χ1n) is 9.80. The number of benzene rings is 2. The Morgan fingerprint density at radius 2 is 1.77 bits per heavy atom. The van der Waals surface area contributed by atoms with Crippen LogP contribution in [0.4, 0.5) is 16.2 Å². The van der Waals surface area contributed by atoms with E-state index in [1.54, 1.807) is 22.7 Å². The Labute approximate surface area is 178 Å². The Morgan fingerprint density at radius 1 is 1.03 bits per heavy atom. The predicted molar refractivity (Wildman–Crippen MR) is 116 cm³/mol. The van der Waals surface area contributed by atoms with E-state index >= 15 is 0 Å². The second kappa shape index (κ2) is 8.35. The summed E-state index contributed by atoms with van der Waals surface area (Å²) >= 11 is 1.74. The van der Waals surface area contributed by atoms with Crippen LogP contribution in [0.5, 0.6) is 0 Å². The standard InChI is InChI=1S/C21H22N4O4S/c26-19(16-5-4-8-18(15-16)25(28)29)24-13-14-30-21(24)9-11-23(12-10-21)20(27)22-17-6-2-1-3-7-17/h1-8,15H,9-14H2,(H,22,27). The van der Waals surface area contributed by atoms with Gasteiger partial charge in [0.25, 0.3) is 11.6 Å². The van der Waals surface area contributed by atoms with E-state index in [1.807, 2.05) is 35.2 Å². The number of carbonyl (C=O) groups excluding carboxylic acids is 2. The predicted octanol–water partition coefficient (Wildman–Crippen LogP) is 3.81. The number of hydrogen-bond acceptors (Lipinski definition) is 5. The molecule has 2 aliphatic rings. The Hall–Kier alpha value is -3.07. The lowest BCUT2D eigenvalue weighted by molar-refractivity contribution is -0.384. The van der Waals surface area contributed by atoms with Gasteiger partial charge in [0.1, 0.15) is 0 Å². The van der Waals surface area contributed by atoms with Gasteiger partial charge >= 0.3 is 6.03 Å². The number of amides is 3. The van der Waals surface area contributed by atoms with E-state index in [1.165, 1.54) is 18.2 Å². The summed E-state index contributed by atoms with van der Waals surface area (Å²) in [7, 11) is 0. The fourth-order valence-corrected chi connectivity index (χ4v) is 5.46. The number of piperidine rings is 1. The SMILES string of the molecule is O=C(Nc1ccccc1)N1CCC2(CC1)SCCN2C(=O)c1cccc([N+](=O)[O-])c1. The van der Waals surface area contributed by atoms with Crippen LogP contribution >= 0.6 is 11.8 Å². The lowest BCUT2D eigenvalue weighted by Crippen LogP contribution is -2.54. The first kappa shape index (κ1) is 20.2. The van der Waals surface area contributed by atoms with Crippen molar-refractivity contribution in [1.29, 1.82) is 0 Å². The van der Waals surface area contributed by atoms with Crippen LogP contribution in [0, 0.1) is 10.1 Å². The summed E-state index contributed by atoms with van der Waals surface area (Å²) < 4.78 is 0. The van der Waals surface area contributed by atoms with Crippen molar-refractivity contribution in [2.45, 2.75) is 17.7 Å². The molecule has 2 heterocycles. The second-order valence-corrected chi connectivity index (χ2v) is 8.80. The number of nitrogens with zero attached hydrogens (tertiary/aromatic N) is 3. The van der Waals surface area contributed by atoms with Gasteiger partial charge in [0.05, 0.1) is 9.79 Å². The van der Waals surface area contributed by atoms with Gasteiger partial charge < -0.3 is 15.1 Å². The molecule has 0 atom stereocenters. The van der Waals surface area contributed by atoms with Crippen LogP contribution in [-0.2, 0) is 0 Å². The number of nitrogens with one attached hydrogen (secondary N) is 1. The van der Waals surface area contributed by atoms with Crippen LogP contribution < -0.4 is 5.32 Å². The number of rotatable bonds is 3. The minimum absolute atomic E-state index is 0.0887. The highest BCUT2D eigenvalue weighted by atomic mass is 32.2. The van der Waals surface area contributed by atoms with Crippen molar-refractivity contribution in [1.82, 2.24) is 9.80 Å². The fraction of sp³-hybridized carbons (Fsp3) is 0.333. The van der Waals surface area contributed by atoms with E-state index in [9.17, 15) is 19.7 Å². The quantitative estimate of drug-likeness (QED) is 0.595. The van der Waals surface area contributed by atoms with Gasteiger partial charge in [0.15, 0.2) is 0 Å². The Balaban J connectivity index is 1.43. The summed E-state index contributed by atoms with van der Waals surface area (Å²) in [5.41, 5.74) is 0.991. The Morgan fingerprint density at radius 3 is 2.47 bits per heavy atom. The summed E-state index contributed by atoms with van der Waals surface area (Å²) in [5, 5.41) is 14.0. The van der Waals surface area contributed by atoms with Crippen molar-refractivity contribution in [2.75, 3.05) is 30.7 Å². The molecular formula is C21H22N4O4S. The molecule has 2 aromatic rings. The van der Waals surface area contributed by atoms with Crippen molar-refractivity contribution >= 4 is 35.1 Å². The van der Waals surface area contributed by atoms with Crippen molar-refractivity contribution in [3.05, 3.63) is 70.3 Å². The van der Waals surface area contributed by atoms with Gasteiger partial charge in [-0.3, -0.25) is 14.9 Å². The maximum atomic E-state index is 13.1. The molecule has 0 aliphatic carbocycles. The van der Waals surface area contributed by atoms with E-state index in [2.05, 4.69) is 5.32 Å². The third-order valence-corrected chi connectivity index (χ3v) is 7.14. The number of para-hydroxylation sites is 1. The number of likely N-dealkylation sites (tertiary alicyclic amines) is 1. The highest BCUT2D eigenvalue weighted by molar-refractivity contribution is 8.00. The number of anilines is 1. The van der Waals surface area contributed by atoms with E-state index in [0.717, 1.165) is 11.4 Å². The molecule has 0 radical (unpaired) electrons. The molecule has 1 N–H and O–H groups in total. The number of non-ortho nitro benzene ring substituents is 1. The Kier molecular flexibility index (Phi) is 5.63. The molecule has 30 heavy (non-hydrogen) atoms. The van der Waals surface area contributed by atoms with Gasteiger partial charge in [-0.15, -0.1) is 11.8 Å². The second-order valence-electron chi connectivity index (χ2n) is 7.34. The molecule has 2 aromatic carbocycles. The summed E-state index contributed by atoms with van der Waals surface area (Å²) in [4.78, 5) is 39.5. The Bertz CT molecular complexity index is 960. The normalized spacial score (nSPS) is 17.7. The van der Waals surface area contributed by atoms with E-state index in [-0.39, 0.29) is 22.5 Å². The van der Waals surface area contributed by atoms with Crippen molar-refractivity contribution in [3.63, 3.8) is 0 Å². The maximum absolute atomic E-state index is 13.1. The number of nitro benzene ring substituents is 1. The lowest BCUT2D eigenvalue weighted by Gasteiger charge is -2.44. The zero-order valence-corrected chi connectivity index (χ0v) is 17.1. The molecule has 1 spiro atoms. The average Bonchev–Trinajstić information content (AvgIpc) is 3.17. The molecule has 2 saturated heterocycles. The summed E-state index contributed by atoms with van der Waals surface area (Å²) in [6.45, 7) is 1.69. The van der Waals surface area contributed by atoms with Gasteiger partial charge in [-0.25, -0.2) is 4.79 Å². The molecule has 0 saturated carbocycles. The zero-order chi connectivity index (χ0) is 21.1. The zero-order valence-electron chi connectivity index (χ0n) is 16.3. The molecular weight excluding hydrogens is 404 g/mol. The maximum Gasteiger partial charge on any atom is 0.321 e. The first-order valence-corrected chi connectivity index (χ1v) is 10.8. The highest BCUT2D eigenvalue weighted by Gasteiger charge is 2.47. The van der Waals surface area contributed by atoms with Crippen LogP contribution in [0.15, 0.2) is 54.6 Å². The smallest absolute Gasteiger partial charge is 0.321 e. The van der Waals surface area contributed by atoms with Gasteiger partial charge in [0, 0.05) is 48.8 Å². The van der Waals surface area contributed by atoms with Crippen LogP contribution in [-0.4, -0.2) is 56.9 Å². The molecule has 156 valence electrons. The average molecular weight is 426 g/mol. The van der Waals surface area contributed by atoms with Crippen molar-refractivity contribution < 1.29 is 14.5 Å². The molecule has 4 rings (SSSR count). The molecule has 2 aliphatic heterocycles. The molecule has 0 bridgehead atoms. The monoisotopic (exact) mass is 426 g/mol. The van der Waals surface area contributed by atoms with Crippen LogP contribution in [0.2, 0.25) is 0 Å². The minimum Gasteiger partial charge on any atom is -0.324 e. The molecule has 0 aromatic heterocycles. The number of hydrogen-bond donors (Lipinski definition) is 1.